The third-order valence-corrected chi connectivity index (χ3v) is 5.96. The standard InChI is InChI=1S/C22H24FN3O2/c1-14(11-15-7-3-5-9-18(15)23)26-12-17-21(28)24-19-10-6-4-8-16(19)20(27)25-22(17,2)13-26/h3-10,14,17H,11-13H2,1-2H3,(H,24,28)(H,25,27)/t14?,17-,22-/m0/s1. The first-order chi connectivity index (χ1) is 13.4. The molecule has 2 aromatic carbocycles. The van der Waals surface area contributed by atoms with Gasteiger partial charge < -0.3 is 10.6 Å². The van der Waals surface area contributed by atoms with Crippen LogP contribution in [-0.2, 0) is 11.2 Å². The van der Waals surface area contributed by atoms with Gasteiger partial charge in [-0.05, 0) is 44.0 Å². The summed E-state index contributed by atoms with van der Waals surface area (Å²) in [5.74, 6) is -0.887. The van der Waals surface area contributed by atoms with Crippen LogP contribution in [0, 0.1) is 11.7 Å². The van der Waals surface area contributed by atoms with Crippen molar-refractivity contribution in [1.29, 1.82) is 0 Å². The van der Waals surface area contributed by atoms with Crippen LogP contribution in [0.4, 0.5) is 10.1 Å². The van der Waals surface area contributed by atoms with Crippen molar-refractivity contribution < 1.29 is 14.0 Å². The molecule has 3 atom stereocenters. The number of anilines is 1. The second-order valence-electron chi connectivity index (χ2n) is 8.03. The van der Waals surface area contributed by atoms with Crippen LogP contribution in [0.15, 0.2) is 48.5 Å². The number of rotatable bonds is 3. The zero-order valence-corrected chi connectivity index (χ0v) is 16.0. The molecule has 2 N–H and O–H groups in total. The molecule has 1 fully saturated rings. The van der Waals surface area contributed by atoms with E-state index in [1.807, 2.05) is 19.9 Å². The number of carbonyl (C=O) groups excluding carboxylic acids is 2. The van der Waals surface area contributed by atoms with E-state index in [0.717, 1.165) is 0 Å². The lowest BCUT2D eigenvalue weighted by atomic mass is 9.86. The van der Waals surface area contributed by atoms with Crippen LogP contribution in [0.3, 0.4) is 0 Å². The highest BCUT2D eigenvalue weighted by Gasteiger charge is 2.50. The van der Waals surface area contributed by atoms with Crippen molar-refractivity contribution >= 4 is 17.5 Å². The quantitative estimate of drug-likeness (QED) is 0.860. The fourth-order valence-corrected chi connectivity index (χ4v) is 4.32. The van der Waals surface area contributed by atoms with Gasteiger partial charge in [0.25, 0.3) is 5.91 Å². The average molecular weight is 381 g/mol. The fourth-order valence-electron chi connectivity index (χ4n) is 4.32. The van der Waals surface area contributed by atoms with E-state index in [2.05, 4.69) is 15.5 Å². The van der Waals surface area contributed by atoms with Crippen LogP contribution in [0.25, 0.3) is 0 Å². The number of para-hydroxylation sites is 1. The van der Waals surface area contributed by atoms with Crippen molar-refractivity contribution in [1.82, 2.24) is 10.2 Å². The van der Waals surface area contributed by atoms with E-state index >= 15 is 0 Å². The molecule has 4 rings (SSSR count). The lowest BCUT2D eigenvalue weighted by molar-refractivity contribution is -0.121. The minimum atomic E-state index is -0.682. The second kappa shape index (κ2) is 7.02. The van der Waals surface area contributed by atoms with Crippen LogP contribution in [0.2, 0.25) is 0 Å². The van der Waals surface area contributed by atoms with Gasteiger partial charge in [0.1, 0.15) is 5.82 Å². The van der Waals surface area contributed by atoms with Gasteiger partial charge in [-0.25, -0.2) is 4.39 Å². The normalized spacial score (nSPS) is 25.8. The van der Waals surface area contributed by atoms with Crippen molar-refractivity contribution in [3.63, 3.8) is 0 Å². The van der Waals surface area contributed by atoms with Gasteiger partial charge in [0.2, 0.25) is 5.91 Å². The Labute approximate surface area is 163 Å². The number of amides is 2. The summed E-state index contributed by atoms with van der Waals surface area (Å²) >= 11 is 0. The topological polar surface area (TPSA) is 61.4 Å². The number of carbonyl (C=O) groups is 2. The summed E-state index contributed by atoms with van der Waals surface area (Å²) in [6.45, 7) is 5.00. The average Bonchev–Trinajstić information content (AvgIpc) is 3.00. The van der Waals surface area contributed by atoms with Gasteiger partial charge in [-0.2, -0.15) is 0 Å². The van der Waals surface area contributed by atoms with Gasteiger partial charge in [-0.1, -0.05) is 30.3 Å². The van der Waals surface area contributed by atoms with Crippen LogP contribution in [0.1, 0.15) is 29.8 Å². The molecule has 2 aliphatic heterocycles. The van der Waals surface area contributed by atoms with E-state index in [1.165, 1.54) is 6.07 Å². The maximum atomic E-state index is 14.0. The largest absolute Gasteiger partial charge is 0.345 e. The zero-order valence-electron chi connectivity index (χ0n) is 16.0. The van der Waals surface area contributed by atoms with Gasteiger partial charge >= 0.3 is 0 Å². The van der Waals surface area contributed by atoms with Gasteiger partial charge in [0.15, 0.2) is 0 Å². The van der Waals surface area contributed by atoms with Crippen LogP contribution in [-0.4, -0.2) is 41.4 Å². The van der Waals surface area contributed by atoms with E-state index in [9.17, 15) is 14.0 Å². The number of nitrogens with zero attached hydrogens (tertiary/aromatic N) is 1. The first kappa shape index (κ1) is 18.6. The number of nitrogens with one attached hydrogen (secondary N) is 2. The molecule has 6 heteroatoms. The Kier molecular flexibility index (Phi) is 4.67. The van der Waals surface area contributed by atoms with E-state index in [0.29, 0.717) is 36.3 Å². The molecule has 0 aliphatic carbocycles. The molecule has 0 bridgehead atoms. The van der Waals surface area contributed by atoms with E-state index in [1.54, 1.807) is 36.4 Å². The number of hydrogen-bond donors (Lipinski definition) is 2. The summed E-state index contributed by atoms with van der Waals surface area (Å²) in [6.07, 6.45) is 0.547. The molecule has 2 aliphatic rings. The Bertz CT molecular complexity index is 932. The molecule has 0 saturated carbocycles. The minimum absolute atomic E-state index is 0.0362. The van der Waals surface area contributed by atoms with E-state index in [4.69, 9.17) is 0 Å². The smallest absolute Gasteiger partial charge is 0.253 e. The van der Waals surface area contributed by atoms with Gasteiger partial charge in [-0.15, -0.1) is 0 Å². The van der Waals surface area contributed by atoms with Crippen LogP contribution < -0.4 is 10.6 Å². The Morgan fingerprint density at radius 1 is 1.18 bits per heavy atom. The molecule has 146 valence electrons. The molecule has 0 aromatic heterocycles. The number of hydrogen-bond acceptors (Lipinski definition) is 3. The Hall–Kier alpha value is -2.73. The number of fused-ring (bicyclic) bond motifs is 2. The third-order valence-electron chi connectivity index (χ3n) is 5.96. The highest BCUT2D eigenvalue weighted by atomic mass is 19.1. The van der Waals surface area contributed by atoms with Gasteiger partial charge in [0, 0.05) is 19.1 Å². The predicted molar refractivity (Wildman–Crippen MR) is 106 cm³/mol. The van der Waals surface area contributed by atoms with Crippen LogP contribution in [0.5, 0.6) is 0 Å². The summed E-state index contributed by atoms with van der Waals surface area (Å²) < 4.78 is 14.0. The highest BCUT2D eigenvalue weighted by molar-refractivity contribution is 6.06. The predicted octanol–water partition coefficient (Wildman–Crippen LogP) is 2.83. The molecule has 0 spiro atoms. The van der Waals surface area contributed by atoms with Crippen molar-refractivity contribution in [3.05, 3.63) is 65.5 Å². The molecule has 2 heterocycles. The monoisotopic (exact) mass is 381 g/mol. The molecule has 5 nitrogen and oxygen atoms in total. The SMILES string of the molecule is CC(Cc1ccccc1F)N1C[C@H]2C(=O)Nc3ccccc3C(=O)N[C@@]2(C)C1. The molecule has 28 heavy (non-hydrogen) atoms. The molecule has 2 aromatic rings. The molecule has 0 radical (unpaired) electrons. The maximum absolute atomic E-state index is 14.0. The Morgan fingerprint density at radius 3 is 2.68 bits per heavy atom. The summed E-state index contributed by atoms with van der Waals surface area (Å²) in [5, 5.41) is 6.01. The first-order valence-electron chi connectivity index (χ1n) is 9.57. The Balaban J connectivity index is 1.57. The van der Waals surface area contributed by atoms with Crippen molar-refractivity contribution in [2.45, 2.75) is 31.8 Å². The summed E-state index contributed by atoms with van der Waals surface area (Å²) in [6, 6.07) is 13.8. The van der Waals surface area contributed by atoms with E-state index < -0.39 is 5.54 Å². The molecule has 2 amide bonds. The number of halogens is 1. The number of benzene rings is 2. The molecular formula is C22H24FN3O2. The lowest BCUT2D eigenvalue weighted by Gasteiger charge is -2.34. The zero-order chi connectivity index (χ0) is 19.9. The first-order valence-corrected chi connectivity index (χ1v) is 9.57. The lowest BCUT2D eigenvalue weighted by Crippen LogP contribution is -2.56. The summed E-state index contributed by atoms with van der Waals surface area (Å²) in [5.41, 5.74) is 0.974. The van der Waals surface area contributed by atoms with Crippen molar-refractivity contribution in [3.8, 4) is 0 Å². The van der Waals surface area contributed by atoms with Gasteiger partial charge in [0.05, 0.1) is 22.7 Å². The minimum Gasteiger partial charge on any atom is -0.345 e. The van der Waals surface area contributed by atoms with E-state index in [-0.39, 0.29) is 29.6 Å². The number of likely N-dealkylation sites (tertiary alicyclic amines) is 1. The molecule has 1 saturated heterocycles. The maximum Gasteiger partial charge on any atom is 0.253 e. The molecule has 1 unspecified atom stereocenters. The summed E-state index contributed by atoms with van der Waals surface area (Å²) in [7, 11) is 0. The van der Waals surface area contributed by atoms with Crippen LogP contribution >= 0.6 is 0 Å². The third kappa shape index (κ3) is 3.29. The molecular weight excluding hydrogens is 357 g/mol. The van der Waals surface area contributed by atoms with Crippen molar-refractivity contribution in [2.24, 2.45) is 5.92 Å². The van der Waals surface area contributed by atoms with Crippen molar-refractivity contribution in [2.75, 3.05) is 18.4 Å². The fraction of sp³-hybridized carbons (Fsp3) is 0.364. The highest BCUT2D eigenvalue weighted by Crippen LogP contribution is 2.33. The van der Waals surface area contributed by atoms with Gasteiger partial charge in [-0.3, -0.25) is 14.5 Å². The second-order valence-corrected chi connectivity index (χ2v) is 8.03. The summed E-state index contributed by atoms with van der Waals surface area (Å²) in [4.78, 5) is 27.9. The Morgan fingerprint density at radius 2 is 1.89 bits per heavy atom.